The predicted octanol–water partition coefficient (Wildman–Crippen LogP) is 4.37. The molecular formula is C16H12Cl2N2O8. The minimum Gasteiger partial charge on any atom is -0.478 e. The summed E-state index contributed by atoms with van der Waals surface area (Å²) in [4.78, 5) is 41.1. The molecule has 0 saturated heterocycles. The molecule has 0 fully saturated rings. The Kier molecular flexibility index (Phi) is 8.29. The Balaban J connectivity index is 0.000000283. The molecule has 0 spiro atoms. The highest BCUT2D eigenvalue weighted by Crippen LogP contribution is 2.26. The molecule has 12 heteroatoms. The summed E-state index contributed by atoms with van der Waals surface area (Å²) in [7, 11) is 0. The Hall–Kier alpha value is -3.24. The molecule has 2 aromatic rings. The maximum absolute atomic E-state index is 11.2. The molecule has 0 heterocycles. The molecule has 0 aliphatic rings. The average molecular weight is 431 g/mol. The number of carbonyl (C=O) groups excluding carboxylic acids is 1. The molecular weight excluding hydrogens is 419 g/mol. The zero-order valence-electron chi connectivity index (χ0n) is 14.1. The van der Waals surface area contributed by atoms with Gasteiger partial charge < -0.3 is 9.84 Å². The summed E-state index contributed by atoms with van der Waals surface area (Å²) in [5.74, 6) is -1.82. The molecule has 148 valence electrons. The summed E-state index contributed by atoms with van der Waals surface area (Å²) >= 11 is 11.0. The number of nitrogens with zero attached hydrogens (tertiary/aromatic N) is 2. The van der Waals surface area contributed by atoms with E-state index < -0.39 is 27.5 Å². The molecule has 0 bridgehead atoms. The quantitative estimate of drug-likeness (QED) is 0.416. The SMILES string of the molecule is CCOC(=O)c1ccc(Cl)c([N+](=O)[O-])c1.O=C(O)c1ccc(Cl)c([N+](=O)[O-])c1. The second-order valence-corrected chi connectivity index (χ2v) is 5.69. The van der Waals surface area contributed by atoms with Gasteiger partial charge in [0.05, 0.1) is 27.6 Å². The van der Waals surface area contributed by atoms with Gasteiger partial charge in [-0.05, 0) is 31.2 Å². The van der Waals surface area contributed by atoms with Crippen LogP contribution in [-0.2, 0) is 4.74 Å². The molecule has 0 aliphatic heterocycles. The number of hydrogen-bond acceptors (Lipinski definition) is 7. The standard InChI is InChI=1S/C9H8ClNO4.C7H4ClNO4/c1-2-15-9(12)6-3-4-7(10)8(5-6)11(13)14;8-5-2-1-4(7(10)11)3-6(5)9(12)13/h3-5H,2H2,1H3;1-3H,(H,10,11). The second kappa shape index (κ2) is 10.2. The fraction of sp³-hybridized carbons (Fsp3) is 0.125. The fourth-order valence-corrected chi connectivity index (χ4v) is 2.15. The zero-order chi connectivity index (χ0) is 21.4. The number of nitro benzene ring substituents is 2. The topological polar surface area (TPSA) is 150 Å². The third kappa shape index (κ3) is 6.18. The number of rotatable bonds is 5. The third-order valence-corrected chi connectivity index (χ3v) is 3.68. The van der Waals surface area contributed by atoms with Crippen molar-refractivity contribution in [2.45, 2.75) is 6.92 Å². The number of hydrogen-bond donors (Lipinski definition) is 1. The van der Waals surface area contributed by atoms with Crippen LogP contribution in [-0.4, -0.2) is 33.5 Å². The molecule has 10 nitrogen and oxygen atoms in total. The number of esters is 1. The minimum absolute atomic E-state index is 0.00644. The first kappa shape index (κ1) is 22.8. The Morgan fingerprint density at radius 2 is 1.39 bits per heavy atom. The molecule has 2 aromatic carbocycles. The summed E-state index contributed by atoms with van der Waals surface area (Å²) < 4.78 is 4.70. The molecule has 0 radical (unpaired) electrons. The van der Waals surface area contributed by atoms with Crippen LogP contribution in [0.5, 0.6) is 0 Å². The van der Waals surface area contributed by atoms with Gasteiger partial charge in [0, 0.05) is 12.1 Å². The van der Waals surface area contributed by atoms with Crippen molar-refractivity contribution in [3.63, 3.8) is 0 Å². The maximum atomic E-state index is 11.2. The van der Waals surface area contributed by atoms with Gasteiger partial charge in [-0.25, -0.2) is 9.59 Å². The Bertz CT molecular complexity index is 933. The summed E-state index contributed by atoms with van der Waals surface area (Å²) in [6, 6.07) is 7.09. The lowest BCUT2D eigenvalue weighted by Gasteiger charge is -2.01. The van der Waals surface area contributed by atoms with E-state index >= 15 is 0 Å². The Morgan fingerprint density at radius 1 is 0.964 bits per heavy atom. The Morgan fingerprint density at radius 3 is 1.79 bits per heavy atom. The highest BCUT2D eigenvalue weighted by atomic mass is 35.5. The van der Waals surface area contributed by atoms with Gasteiger partial charge in [-0.15, -0.1) is 0 Å². The van der Waals surface area contributed by atoms with Gasteiger partial charge in [0.1, 0.15) is 10.0 Å². The number of benzene rings is 2. The van der Waals surface area contributed by atoms with Crippen molar-refractivity contribution < 1.29 is 29.3 Å². The van der Waals surface area contributed by atoms with Crippen molar-refractivity contribution in [3.05, 3.63) is 77.8 Å². The molecule has 0 saturated carbocycles. The van der Waals surface area contributed by atoms with Crippen LogP contribution in [0.25, 0.3) is 0 Å². The number of ether oxygens (including phenoxy) is 1. The van der Waals surface area contributed by atoms with Crippen molar-refractivity contribution >= 4 is 46.5 Å². The third-order valence-electron chi connectivity index (χ3n) is 3.04. The van der Waals surface area contributed by atoms with Gasteiger partial charge in [-0.2, -0.15) is 0 Å². The fourth-order valence-electron chi connectivity index (χ4n) is 1.78. The summed E-state index contributed by atoms with van der Waals surface area (Å²) in [5, 5.41) is 29.3. The van der Waals surface area contributed by atoms with Crippen molar-refractivity contribution in [2.75, 3.05) is 6.61 Å². The lowest BCUT2D eigenvalue weighted by Crippen LogP contribution is -2.05. The van der Waals surface area contributed by atoms with Crippen LogP contribution < -0.4 is 0 Å². The van der Waals surface area contributed by atoms with E-state index in [-0.39, 0.29) is 33.5 Å². The van der Waals surface area contributed by atoms with Crippen LogP contribution in [0.1, 0.15) is 27.6 Å². The van der Waals surface area contributed by atoms with Crippen LogP contribution in [0.3, 0.4) is 0 Å². The van der Waals surface area contributed by atoms with Gasteiger partial charge in [0.2, 0.25) is 0 Å². The van der Waals surface area contributed by atoms with E-state index in [1.807, 2.05) is 0 Å². The lowest BCUT2D eigenvalue weighted by molar-refractivity contribution is -0.384. The number of carboxylic acids is 1. The minimum atomic E-state index is -1.22. The molecule has 0 amide bonds. The Labute approximate surface area is 167 Å². The van der Waals surface area contributed by atoms with Crippen molar-refractivity contribution in [1.29, 1.82) is 0 Å². The van der Waals surface area contributed by atoms with Crippen LogP contribution in [0, 0.1) is 20.2 Å². The molecule has 0 atom stereocenters. The number of halogens is 2. The van der Waals surface area contributed by atoms with E-state index in [4.69, 9.17) is 33.0 Å². The molecule has 2 rings (SSSR count). The zero-order valence-corrected chi connectivity index (χ0v) is 15.6. The summed E-state index contributed by atoms with van der Waals surface area (Å²) in [6.45, 7) is 1.87. The monoisotopic (exact) mass is 430 g/mol. The summed E-state index contributed by atoms with van der Waals surface area (Å²) in [6.07, 6.45) is 0. The highest BCUT2D eigenvalue weighted by Gasteiger charge is 2.17. The number of carboxylic acid groups (broad SMARTS) is 1. The molecule has 28 heavy (non-hydrogen) atoms. The molecule has 0 unspecified atom stereocenters. The smallest absolute Gasteiger partial charge is 0.338 e. The van der Waals surface area contributed by atoms with Crippen molar-refractivity contribution in [3.8, 4) is 0 Å². The van der Waals surface area contributed by atoms with E-state index in [1.54, 1.807) is 6.92 Å². The number of nitro groups is 2. The highest BCUT2D eigenvalue weighted by molar-refractivity contribution is 6.33. The first-order valence-corrected chi connectivity index (χ1v) is 8.12. The van der Waals surface area contributed by atoms with Gasteiger partial charge >= 0.3 is 11.9 Å². The summed E-state index contributed by atoms with van der Waals surface area (Å²) in [5.41, 5.74) is -0.743. The van der Waals surface area contributed by atoms with Crippen molar-refractivity contribution in [1.82, 2.24) is 0 Å². The van der Waals surface area contributed by atoms with Gasteiger partial charge in [-0.3, -0.25) is 20.2 Å². The van der Waals surface area contributed by atoms with E-state index in [2.05, 4.69) is 0 Å². The van der Waals surface area contributed by atoms with Gasteiger partial charge in [0.25, 0.3) is 11.4 Å². The van der Waals surface area contributed by atoms with Gasteiger partial charge in [0.15, 0.2) is 0 Å². The second-order valence-electron chi connectivity index (χ2n) is 4.87. The van der Waals surface area contributed by atoms with Gasteiger partial charge in [-0.1, -0.05) is 23.2 Å². The largest absolute Gasteiger partial charge is 0.478 e. The lowest BCUT2D eigenvalue weighted by atomic mass is 10.2. The normalized spacial score (nSPS) is 9.68. The van der Waals surface area contributed by atoms with Crippen molar-refractivity contribution in [2.24, 2.45) is 0 Å². The maximum Gasteiger partial charge on any atom is 0.338 e. The first-order valence-electron chi connectivity index (χ1n) is 7.36. The number of carbonyl (C=O) groups is 2. The van der Waals surface area contributed by atoms with E-state index in [0.717, 1.165) is 12.1 Å². The average Bonchev–Trinajstić information content (AvgIpc) is 2.62. The predicted molar refractivity (Wildman–Crippen MR) is 99.1 cm³/mol. The van der Waals surface area contributed by atoms with Crippen LogP contribution >= 0.6 is 23.2 Å². The molecule has 1 N–H and O–H groups in total. The van der Waals surface area contributed by atoms with Crippen LogP contribution in [0.4, 0.5) is 11.4 Å². The van der Waals surface area contributed by atoms with E-state index in [0.29, 0.717) is 0 Å². The van der Waals surface area contributed by atoms with Crippen LogP contribution in [0.2, 0.25) is 10.0 Å². The van der Waals surface area contributed by atoms with E-state index in [1.165, 1.54) is 24.3 Å². The van der Waals surface area contributed by atoms with Crippen LogP contribution in [0.15, 0.2) is 36.4 Å². The van der Waals surface area contributed by atoms with E-state index in [9.17, 15) is 29.8 Å². The molecule has 0 aliphatic carbocycles. The molecule has 0 aromatic heterocycles. The number of aromatic carboxylic acids is 1. The first-order chi connectivity index (χ1) is 13.1.